The van der Waals surface area contributed by atoms with Gasteiger partial charge in [-0.1, -0.05) is 12.1 Å². The summed E-state index contributed by atoms with van der Waals surface area (Å²) in [6.07, 6.45) is 0. The number of aliphatic hydroxyl groups excluding tert-OH is 1. The van der Waals surface area contributed by atoms with E-state index in [1.807, 2.05) is 12.1 Å². The zero-order chi connectivity index (χ0) is 10.7. The number of halogens is 2. The van der Waals surface area contributed by atoms with E-state index in [1.165, 1.54) is 6.92 Å². The summed E-state index contributed by atoms with van der Waals surface area (Å²) in [6.45, 7) is 1.35. The van der Waals surface area contributed by atoms with Gasteiger partial charge in [-0.25, -0.2) is 0 Å². The van der Waals surface area contributed by atoms with Gasteiger partial charge in [0.2, 0.25) is 0 Å². The number of Topliss-reactive ketones (excluding diaryl/α,β-unsaturated/α-hetero) is 1. The molecule has 0 saturated carbocycles. The van der Waals surface area contributed by atoms with Crippen LogP contribution in [0.2, 0.25) is 0 Å². The van der Waals surface area contributed by atoms with Crippen LogP contribution in [0.15, 0.2) is 18.2 Å². The maximum absolute atomic E-state index is 11.1. The third-order valence-corrected chi connectivity index (χ3v) is 3.39. The van der Waals surface area contributed by atoms with E-state index in [1.54, 1.807) is 6.07 Å². The van der Waals surface area contributed by atoms with Crippen molar-refractivity contribution in [3.63, 3.8) is 0 Å². The first-order valence-electron chi connectivity index (χ1n) is 4.10. The molecule has 2 nitrogen and oxygen atoms in total. The molecule has 1 atom stereocenters. The SMILES string of the molecule is CC(=O)C(Cl)c1c(I)cccc1CO. The number of benzene rings is 1. The molecule has 1 N–H and O–H groups in total. The third-order valence-electron chi connectivity index (χ3n) is 1.92. The molecule has 0 radical (unpaired) electrons. The normalized spacial score (nSPS) is 12.6. The van der Waals surface area contributed by atoms with Crippen molar-refractivity contribution >= 4 is 40.0 Å². The summed E-state index contributed by atoms with van der Waals surface area (Å²) in [4.78, 5) is 11.1. The number of hydrogen-bond acceptors (Lipinski definition) is 2. The lowest BCUT2D eigenvalue weighted by Gasteiger charge is -2.12. The van der Waals surface area contributed by atoms with Gasteiger partial charge in [0.15, 0.2) is 5.78 Å². The van der Waals surface area contributed by atoms with Crippen molar-refractivity contribution in [3.05, 3.63) is 32.9 Å². The summed E-state index contributed by atoms with van der Waals surface area (Å²) in [5, 5.41) is 8.44. The molecule has 1 aromatic rings. The second kappa shape index (κ2) is 5.09. The van der Waals surface area contributed by atoms with Crippen LogP contribution in [0, 0.1) is 3.57 Å². The van der Waals surface area contributed by atoms with Crippen LogP contribution in [-0.2, 0) is 11.4 Å². The summed E-state index contributed by atoms with van der Waals surface area (Å²) < 4.78 is 0.907. The van der Waals surface area contributed by atoms with Gasteiger partial charge in [-0.15, -0.1) is 11.6 Å². The third kappa shape index (κ3) is 2.46. The van der Waals surface area contributed by atoms with Crippen LogP contribution in [0.3, 0.4) is 0 Å². The van der Waals surface area contributed by atoms with E-state index >= 15 is 0 Å². The Morgan fingerprint density at radius 1 is 1.64 bits per heavy atom. The molecule has 14 heavy (non-hydrogen) atoms. The van der Waals surface area contributed by atoms with Gasteiger partial charge in [0.25, 0.3) is 0 Å². The summed E-state index contributed by atoms with van der Waals surface area (Å²) >= 11 is 8.07. The molecule has 76 valence electrons. The lowest BCUT2D eigenvalue weighted by atomic mass is 10.0. The van der Waals surface area contributed by atoms with E-state index < -0.39 is 5.38 Å². The van der Waals surface area contributed by atoms with Crippen molar-refractivity contribution in [3.8, 4) is 0 Å². The van der Waals surface area contributed by atoms with Gasteiger partial charge in [0.05, 0.1) is 6.61 Å². The van der Waals surface area contributed by atoms with E-state index in [-0.39, 0.29) is 12.4 Å². The molecule has 1 rings (SSSR count). The summed E-state index contributed by atoms with van der Waals surface area (Å²) in [5.41, 5.74) is 1.44. The van der Waals surface area contributed by atoms with Crippen molar-refractivity contribution in [1.82, 2.24) is 0 Å². The van der Waals surface area contributed by atoms with E-state index in [9.17, 15) is 4.79 Å². The quantitative estimate of drug-likeness (QED) is 0.685. The van der Waals surface area contributed by atoms with E-state index in [4.69, 9.17) is 16.7 Å². The van der Waals surface area contributed by atoms with Crippen molar-refractivity contribution in [1.29, 1.82) is 0 Å². The first kappa shape index (κ1) is 11.9. The molecule has 4 heteroatoms. The average Bonchev–Trinajstić information content (AvgIpc) is 2.16. The zero-order valence-electron chi connectivity index (χ0n) is 7.63. The highest BCUT2D eigenvalue weighted by molar-refractivity contribution is 14.1. The van der Waals surface area contributed by atoms with Crippen molar-refractivity contribution < 1.29 is 9.90 Å². The smallest absolute Gasteiger partial charge is 0.152 e. The fourth-order valence-electron chi connectivity index (χ4n) is 1.21. The molecule has 1 unspecified atom stereocenters. The highest BCUT2D eigenvalue weighted by atomic mass is 127. The Bertz CT molecular complexity index is 352. The maximum Gasteiger partial charge on any atom is 0.152 e. The van der Waals surface area contributed by atoms with E-state index in [2.05, 4.69) is 22.6 Å². The molecule has 0 spiro atoms. The van der Waals surface area contributed by atoms with E-state index in [0.29, 0.717) is 5.56 Å². The predicted octanol–water partition coefficient (Wildman–Crippen LogP) is 2.65. The molecule has 0 aliphatic heterocycles. The monoisotopic (exact) mass is 324 g/mol. The largest absolute Gasteiger partial charge is 0.392 e. The van der Waals surface area contributed by atoms with Gasteiger partial charge in [-0.3, -0.25) is 4.79 Å². The maximum atomic E-state index is 11.1. The Hall–Kier alpha value is -0.130. The van der Waals surface area contributed by atoms with Crippen molar-refractivity contribution in [2.45, 2.75) is 18.9 Å². The van der Waals surface area contributed by atoms with Gasteiger partial charge in [-0.05, 0) is 46.7 Å². The fourth-order valence-corrected chi connectivity index (χ4v) is 2.51. The molecular formula is C10H10ClIO2. The van der Waals surface area contributed by atoms with Crippen LogP contribution in [-0.4, -0.2) is 10.9 Å². The Morgan fingerprint density at radius 2 is 2.29 bits per heavy atom. The van der Waals surface area contributed by atoms with Crippen molar-refractivity contribution in [2.75, 3.05) is 0 Å². The van der Waals surface area contributed by atoms with Crippen LogP contribution in [0.5, 0.6) is 0 Å². The van der Waals surface area contributed by atoms with Gasteiger partial charge in [0, 0.05) is 3.57 Å². The predicted molar refractivity (Wildman–Crippen MR) is 64.4 cm³/mol. The molecule has 0 heterocycles. The Balaban J connectivity index is 3.23. The number of ketones is 1. The molecule has 1 aromatic carbocycles. The number of aliphatic hydroxyl groups is 1. The lowest BCUT2D eigenvalue weighted by molar-refractivity contribution is -0.116. The fraction of sp³-hybridized carbons (Fsp3) is 0.300. The van der Waals surface area contributed by atoms with Crippen LogP contribution in [0.25, 0.3) is 0 Å². The Morgan fingerprint density at radius 3 is 2.79 bits per heavy atom. The minimum atomic E-state index is -0.662. The van der Waals surface area contributed by atoms with Crippen LogP contribution in [0.1, 0.15) is 23.4 Å². The number of carbonyl (C=O) groups is 1. The van der Waals surface area contributed by atoms with Gasteiger partial charge >= 0.3 is 0 Å². The highest BCUT2D eigenvalue weighted by Crippen LogP contribution is 2.29. The molecule has 0 fully saturated rings. The van der Waals surface area contributed by atoms with Gasteiger partial charge in [-0.2, -0.15) is 0 Å². The number of alkyl halides is 1. The molecule has 0 aliphatic rings. The van der Waals surface area contributed by atoms with Crippen LogP contribution < -0.4 is 0 Å². The summed E-state index contributed by atoms with van der Waals surface area (Å²) in [6, 6.07) is 5.48. The standard InChI is InChI=1S/C10H10ClIO2/c1-6(14)10(11)9-7(5-13)3-2-4-8(9)12/h2-4,10,13H,5H2,1H3. The molecule has 0 amide bonds. The topological polar surface area (TPSA) is 37.3 Å². The Kier molecular flexibility index (Phi) is 4.34. The van der Waals surface area contributed by atoms with Crippen LogP contribution >= 0.6 is 34.2 Å². The Labute approximate surface area is 101 Å². The molecule has 0 bridgehead atoms. The molecular weight excluding hydrogens is 314 g/mol. The lowest BCUT2D eigenvalue weighted by Crippen LogP contribution is -2.07. The minimum absolute atomic E-state index is 0.0946. The van der Waals surface area contributed by atoms with Crippen molar-refractivity contribution in [2.24, 2.45) is 0 Å². The first-order valence-corrected chi connectivity index (χ1v) is 5.62. The summed E-state index contributed by atoms with van der Waals surface area (Å²) in [7, 11) is 0. The molecule has 0 aromatic heterocycles. The number of rotatable bonds is 3. The number of carbonyl (C=O) groups excluding carboxylic acids is 1. The highest BCUT2D eigenvalue weighted by Gasteiger charge is 2.19. The van der Waals surface area contributed by atoms with Gasteiger partial charge in [0.1, 0.15) is 5.38 Å². The second-order valence-corrected chi connectivity index (χ2v) is 4.54. The molecule has 0 saturated heterocycles. The number of hydrogen-bond donors (Lipinski definition) is 1. The zero-order valence-corrected chi connectivity index (χ0v) is 10.5. The molecule has 0 aliphatic carbocycles. The second-order valence-electron chi connectivity index (χ2n) is 2.94. The average molecular weight is 325 g/mol. The van der Waals surface area contributed by atoms with E-state index in [0.717, 1.165) is 9.13 Å². The minimum Gasteiger partial charge on any atom is -0.392 e. The summed E-state index contributed by atoms with van der Waals surface area (Å²) in [5.74, 6) is -0.106. The van der Waals surface area contributed by atoms with Gasteiger partial charge < -0.3 is 5.11 Å². The van der Waals surface area contributed by atoms with Crippen LogP contribution in [0.4, 0.5) is 0 Å². The first-order chi connectivity index (χ1) is 6.57.